The summed E-state index contributed by atoms with van der Waals surface area (Å²) in [4.78, 5) is 4.65. The summed E-state index contributed by atoms with van der Waals surface area (Å²) in [7, 11) is 2.12. The van der Waals surface area contributed by atoms with E-state index in [9.17, 15) is 4.39 Å². The second kappa shape index (κ2) is 7.87. The maximum atomic E-state index is 13.3. The Morgan fingerprint density at radius 1 is 1.38 bits per heavy atom. The number of piperidine rings is 1. The van der Waals surface area contributed by atoms with Gasteiger partial charge in [0.05, 0.1) is 6.61 Å². The highest BCUT2D eigenvalue weighted by Gasteiger charge is 2.22. The fourth-order valence-corrected chi connectivity index (χ4v) is 3.12. The molecule has 0 spiro atoms. The van der Waals surface area contributed by atoms with Crippen molar-refractivity contribution in [2.24, 2.45) is 5.92 Å². The Hall–Kier alpha value is -0.970. The Kier molecular flexibility index (Phi) is 6.15. The van der Waals surface area contributed by atoms with Crippen LogP contribution < -0.4 is 0 Å². The summed E-state index contributed by atoms with van der Waals surface area (Å²) in [5, 5.41) is 8.97. The van der Waals surface area contributed by atoms with Crippen molar-refractivity contribution in [2.75, 3.05) is 39.8 Å². The molecule has 2 rings (SSSR count). The molecule has 21 heavy (non-hydrogen) atoms. The van der Waals surface area contributed by atoms with Crippen molar-refractivity contribution < 1.29 is 9.50 Å². The Labute approximate surface area is 127 Å². The lowest BCUT2D eigenvalue weighted by atomic mass is 9.95. The third-order valence-corrected chi connectivity index (χ3v) is 4.66. The quantitative estimate of drug-likeness (QED) is 0.873. The number of rotatable bonds is 6. The van der Waals surface area contributed by atoms with Crippen LogP contribution in [0.3, 0.4) is 0 Å². The number of halogens is 1. The normalized spacial score (nSPS) is 19.1. The lowest BCUT2D eigenvalue weighted by Crippen LogP contribution is -2.39. The Balaban J connectivity index is 1.83. The second-order valence-electron chi connectivity index (χ2n) is 6.18. The van der Waals surface area contributed by atoms with Gasteiger partial charge in [0.2, 0.25) is 0 Å². The molecule has 4 heteroatoms. The zero-order valence-electron chi connectivity index (χ0n) is 13.1. The van der Waals surface area contributed by atoms with Crippen molar-refractivity contribution in [3.8, 4) is 0 Å². The van der Waals surface area contributed by atoms with Gasteiger partial charge in [0.25, 0.3) is 0 Å². The molecule has 1 aliphatic heterocycles. The number of likely N-dealkylation sites (tertiary alicyclic amines) is 1. The van der Waals surface area contributed by atoms with Crippen molar-refractivity contribution in [1.82, 2.24) is 9.80 Å². The highest BCUT2D eigenvalue weighted by molar-refractivity contribution is 5.19. The minimum Gasteiger partial charge on any atom is -0.395 e. The number of nitrogens with zero attached hydrogens (tertiary/aromatic N) is 2. The summed E-state index contributed by atoms with van der Waals surface area (Å²) in [6.07, 6.45) is 2.36. The predicted molar refractivity (Wildman–Crippen MR) is 83.7 cm³/mol. The molecule has 3 nitrogen and oxygen atoms in total. The topological polar surface area (TPSA) is 26.7 Å². The maximum Gasteiger partial charge on any atom is 0.123 e. The molecule has 118 valence electrons. The second-order valence-corrected chi connectivity index (χ2v) is 6.18. The largest absolute Gasteiger partial charge is 0.395 e. The molecule has 1 N–H and O–H groups in total. The molecule has 0 aliphatic carbocycles. The number of β-amino-alcohol motifs (C(OH)–C–C–N with tert-alkyl or cyclic N) is 1. The molecule has 0 amide bonds. The van der Waals surface area contributed by atoms with Gasteiger partial charge in [-0.3, -0.25) is 4.90 Å². The maximum absolute atomic E-state index is 13.3. The average molecular weight is 294 g/mol. The zero-order chi connectivity index (χ0) is 15.2. The molecule has 0 bridgehead atoms. The third-order valence-electron chi connectivity index (χ3n) is 4.66. The van der Waals surface area contributed by atoms with E-state index in [1.165, 1.54) is 18.9 Å². The summed E-state index contributed by atoms with van der Waals surface area (Å²) in [6.45, 7) is 6.38. The molecule has 0 radical (unpaired) electrons. The van der Waals surface area contributed by atoms with Crippen molar-refractivity contribution in [2.45, 2.75) is 25.8 Å². The molecular formula is C17H27FN2O. The van der Waals surface area contributed by atoms with E-state index in [0.29, 0.717) is 5.92 Å². The van der Waals surface area contributed by atoms with Crippen LogP contribution in [0.25, 0.3) is 0 Å². The number of aliphatic hydroxyl groups excluding tert-OH is 1. The first-order valence-corrected chi connectivity index (χ1v) is 7.89. The fraction of sp³-hybridized carbons (Fsp3) is 0.647. The van der Waals surface area contributed by atoms with E-state index in [1.807, 2.05) is 6.07 Å². The van der Waals surface area contributed by atoms with Crippen LogP contribution in [0.15, 0.2) is 24.3 Å². The summed E-state index contributed by atoms with van der Waals surface area (Å²) in [5.74, 6) is 0.533. The van der Waals surface area contributed by atoms with Gasteiger partial charge in [-0.2, -0.15) is 0 Å². The van der Waals surface area contributed by atoms with Crippen LogP contribution in [0.2, 0.25) is 0 Å². The van der Waals surface area contributed by atoms with Gasteiger partial charge in [-0.05, 0) is 63.5 Å². The van der Waals surface area contributed by atoms with E-state index in [2.05, 4.69) is 23.8 Å². The van der Waals surface area contributed by atoms with Crippen molar-refractivity contribution >= 4 is 0 Å². The van der Waals surface area contributed by atoms with Crippen molar-refractivity contribution in [3.63, 3.8) is 0 Å². The lowest BCUT2D eigenvalue weighted by molar-refractivity contribution is 0.121. The van der Waals surface area contributed by atoms with Crippen LogP contribution in [0, 0.1) is 11.7 Å². The van der Waals surface area contributed by atoms with Crippen LogP contribution in [-0.4, -0.2) is 54.7 Å². The van der Waals surface area contributed by atoms with E-state index < -0.39 is 0 Å². The summed E-state index contributed by atoms with van der Waals surface area (Å²) in [5.41, 5.74) is 1.04. The summed E-state index contributed by atoms with van der Waals surface area (Å²) >= 11 is 0. The fourth-order valence-electron chi connectivity index (χ4n) is 3.12. The van der Waals surface area contributed by atoms with Crippen LogP contribution in [0.4, 0.5) is 4.39 Å². The predicted octanol–water partition coefficient (Wildman–Crippen LogP) is 2.52. The first kappa shape index (κ1) is 16.4. The highest BCUT2D eigenvalue weighted by atomic mass is 19.1. The molecular weight excluding hydrogens is 267 g/mol. The number of benzene rings is 1. The molecule has 1 aliphatic rings. The highest BCUT2D eigenvalue weighted by Crippen LogP contribution is 2.24. The summed E-state index contributed by atoms with van der Waals surface area (Å²) in [6, 6.07) is 7.13. The van der Waals surface area contributed by atoms with E-state index in [-0.39, 0.29) is 18.5 Å². The van der Waals surface area contributed by atoms with Crippen LogP contribution >= 0.6 is 0 Å². The first-order valence-electron chi connectivity index (χ1n) is 7.89. The minimum absolute atomic E-state index is 0.162. The van der Waals surface area contributed by atoms with Gasteiger partial charge in [-0.15, -0.1) is 0 Å². The van der Waals surface area contributed by atoms with Crippen LogP contribution in [0.1, 0.15) is 31.4 Å². The standard InChI is InChI=1S/C17H27FN2O/c1-14(16-4-3-5-17(18)12-16)19(2)13-15-6-8-20(9-7-15)10-11-21/h3-5,12,14-15,21H,6-11,13H2,1-2H3/t14-/m0/s1. The van der Waals surface area contributed by atoms with E-state index in [0.717, 1.165) is 31.7 Å². The van der Waals surface area contributed by atoms with Gasteiger partial charge in [-0.25, -0.2) is 4.39 Å². The number of aliphatic hydroxyl groups is 1. The Bertz CT molecular complexity index is 433. The smallest absolute Gasteiger partial charge is 0.123 e. The zero-order valence-corrected chi connectivity index (χ0v) is 13.1. The van der Waals surface area contributed by atoms with Gasteiger partial charge < -0.3 is 10.0 Å². The average Bonchev–Trinajstić information content (AvgIpc) is 2.48. The van der Waals surface area contributed by atoms with Gasteiger partial charge >= 0.3 is 0 Å². The molecule has 1 saturated heterocycles. The molecule has 0 saturated carbocycles. The van der Waals surface area contributed by atoms with Gasteiger partial charge in [0.15, 0.2) is 0 Å². The molecule has 1 aromatic rings. The molecule has 0 unspecified atom stereocenters. The molecule has 0 aromatic heterocycles. The number of hydrogen-bond acceptors (Lipinski definition) is 3. The number of hydrogen-bond donors (Lipinski definition) is 1. The minimum atomic E-state index is -0.162. The molecule has 1 heterocycles. The summed E-state index contributed by atoms with van der Waals surface area (Å²) < 4.78 is 13.3. The van der Waals surface area contributed by atoms with Crippen molar-refractivity contribution in [3.05, 3.63) is 35.6 Å². The van der Waals surface area contributed by atoms with Gasteiger partial charge in [0.1, 0.15) is 5.82 Å². The van der Waals surface area contributed by atoms with Gasteiger partial charge in [0, 0.05) is 19.1 Å². The van der Waals surface area contributed by atoms with Gasteiger partial charge in [-0.1, -0.05) is 12.1 Å². The van der Waals surface area contributed by atoms with E-state index >= 15 is 0 Å². The monoisotopic (exact) mass is 294 g/mol. The van der Waals surface area contributed by atoms with Crippen molar-refractivity contribution in [1.29, 1.82) is 0 Å². The SMILES string of the molecule is C[C@@H](c1cccc(F)c1)N(C)CC1CCN(CCO)CC1. The van der Waals surface area contributed by atoms with E-state index in [4.69, 9.17) is 5.11 Å². The van der Waals surface area contributed by atoms with Crippen LogP contribution in [0.5, 0.6) is 0 Å². The third kappa shape index (κ3) is 4.77. The molecule has 1 aromatic carbocycles. The Morgan fingerprint density at radius 3 is 2.71 bits per heavy atom. The molecule has 1 fully saturated rings. The lowest BCUT2D eigenvalue weighted by Gasteiger charge is -2.35. The first-order chi connectivity index (χ1) is 10.1. The van der Waals surface area contributed by atoms with E-state index in [1.54, 1.807) is 12.1 Å². The van der Waals surface area contributed by atoms with Crippen LogP contribution in [-0.2, 0) is 0 Å². The Morgan fingerprint density at radius 2 is 2.10 bits per heavy atom. The molecule has 1 atom stereocenters.